The van der Waals surface area contributed by atoms with Crippen molar-refractivity contribution in [2.45, 2.75) is 25.7 Å². The van der Waals surface area contributed by atoms with Crippen LogP contribution in [0.1, 0.15) is 0 Å². The Morgan fingerprint density at radius 1 is 1.37 bits per heavy atom. The molecule has 7 heteroatoms. The minimum atomic E-state index is -1.13. The van der Waals surface area contributed by atoms with Crippen molar-refractivity contribution in [2.75, 3.05) is 13.4 Å². The maximum absolute atomic E-state index is 10.8. The van der Waals surface area contributed by atoms with Crippen LogP contribution in [0.3, 0.4) is 0 Å². The lowest BCUT2D eigenvalue weighted by atomic mass is 10.3. The van der Waals surface area contributed by atoms with Crippen molar-refractivity contribution in [3.8, 4) is 5.75 Å². The summed E-state index contributed by atoms with van der Waals surface area (Å²) in [5.74, 6) is 0.130. The molecular formula is C12H18ClNO4Si. The standard InChI is InChI=1S/C12H18ClNO4Si/c1-19(2,3)7-6-17-9-18-12-8-10(13)4-5-11(12)14(15)16/h4-5,8H,6-7,9H2,1-3H3. The second-order valence-electron chi connectivity index (χ2n) is 5.35. The van der Waals surface area contributed by atoms with Gasteiger partial charge in [0.25, 0.3) is 0 Å². The summed E-state index contributed by atoms with van der Waals surface area (Å²) in [6.07, 6.45) is 0. The fraction of sp³-hybridized carbons (Fsp3) is 0.500. The number of rotatable bonds is 7. The van der Waals surface area contributed by atoms with Crippen LogP contribution in [0.2, 0.25) is 30.7 Å². The van der Waals surface area contributed by atoms with Crippen LogP contribution in [0.5, 0.6) is 5.75 Å². The van der Waals surface area contributed by atoms with Gasteiger partial charge in [0, 0.05) is 31.8 Å². The molecule has 0 fully saturated rings. The minimum absolute atomic E-state index is 0.00827. The zero-order chi connectivity index (χ0) is 14.5. The normalized spacial score (nSPS) is 11.4. The van der Waals surface area contributed by atoms with E-state index >= 15 is 0 Å². The first-order chi connectivity index (χ1) is 8.79. The van der Waals surface area contributed by atoms with Crippen molar-refractivity contribution in [3.05, 3.63) is 33.3 Å². The van der Waals surface area contributed by atoms with Gasteiger partial charge in [0.2, 0.25) is 5.75 Å². The monoisotopic (exact) mass is 303 g/mol. The van der Waals surface area contributed by atoms with Gasteiger partial charge in [-0.25, -0.2) is 0 Å². The highest BCUT2D eigenvalue weighted by Crippen LogP contribution is 2.29. The summed E-state index contributed by atoms with van der Waals surface area (Å²) in [4.78, 5) is 10.3. The molecule has 1 rings (SSSR count). The van der Waals surface area contributed by atoms with E-state index in [0.29, 0.717) is 11.6 Å². The van der Waals surface area contributed by atoms with E-state index in [1.807, 2.05) is 0 Å². The fourth-order valence-corrected chi connectivity index (χ4v) is 2.22. The summed E-state index contributed by atoms with van der Waals surface area (Å²) in [6, 6.07) is 5.22. The maximum Gasteiger partial charge on any atom is 0.311 e. The van der Waals surface area contributed by atoms with Crippen LogP contribution in [-0.2, 0) is 4.74 Å². The van der Waals surface area contributed by atoms with Crippen molar-refractivity contribution in [2.24, 2.45) is 0 Å². The van der Waals surface area contributed by atoms with Crippen LogP contribution < -0.4 is 4.74 Å². The molecule has 0 aromatic heterocycles. The Bertz CT molecular complexity index is 448. The number of benzene rings is 1. The van der Waals surface area contributed by atoms with Gasteiger partial charge in [-0.1, -0.05) is 31.2 Å². The number of hydrogen-bond donors (Lipinski definition) is 0. The molecule has 0 unspecified atom stereocenters. The van der Waals surface area contributed by atoms with Gasteiger partial charge in [0.1, 0.15) is 0 Å². The minimum Gasteiger partial charge on any atom is -0.460 e. The molecule has 0 aliphatic carbocycles. The molecule has 0 spiro atoms. The smallest absolute Gasteiger partial charge is 0.311 e. The molecule has 0 amide bonds. The molecular weight excluding hydrogens is 286 g/mol. The lowest BCUT2D eigenvalue weighted by Crippen LogP contribution is -2.22. The summed E-state index contributed by atoms with van der Waals surface area (Å²) in [7, 11) is -1.13. The molecule has 1 aromatic carbocycles. The fourth-order valence-electron chi connectivity index (χ4n) is 1.30. The topological polar surface area (TPSA) is 61.6 Å². The number of hydrogen-bond acceptors (Lipinski definition) is 4. The summed E-state index contributed by atoms with van der Waals surface area (Å²) in [5, 5.41) is 11.2. The molecule has 0 radical (unpaired) electrons. The highest BCUT2D eigenvalue weighted by atomic mass is 35.5. The van der Waals surface area contributed by atoms with Gasteiger partial charge in [-0.2, -0.15) is 0 Å². The van der Waals surface area contributed by atoms with Gasteiger partial charge in [-0.15, -0.1) is 0 Å². The van der Waals surface area contributed by atoms with E-state index in [1.54, 1.807) is 0 Å². The molecule has 19 heavy (non-hydrogen) atoms. The van der Waals surface area contributed by atoms with Crippen LogP contribution in [-0.4, -0.2) is 26.4 Å². The van der Waals surface area contributed by atoms with Crippen molar-refractivity contribution in [3.63, 3.8) is 0 Å². The van der Waals surface area contributed by atoms with Gasteiger partial charge in [0.15, 0.2) is 6.79 Å². The third kappa shape index (κ3) is 6.04. The lowest BCUT2D eigenvalue weighted by Gasteiger charge is -2.15. The highest BCUT2D eigenvalue weighted by molar-refractivity contribution is 6.76. The SMILES string of the molecule is C[Si](C)(C)CCOCOc1cc(Cl)ccc1[N+](=O)[O-]. The largest absolute Gasteiger partial charge is 0.460 e. The number of halogens is 1. The zero-order valence-electron chi connectivity index (χ0n) is 11.3. The summed E-state index contributed by atoms with van der Waals surface area (Å²) >= 11 is 5.78. The molecule has 0 atom stereocenters. The summed E-state index contributed by atoms with van der Waals surface area (Å²) in [5.41, 5.74) is -0.113. The van der Waals surface area contributed by atoms with Gasteiger partial charge < -0.3 is 9.47 Å². The van der Waals surface area contributed by atoms with E-state index in [1.165, 1.54) is 18.2 Å². The van der Waals surface area contributed by atoms with Crippen molar-refractivity contribution < 1.29 is 14.4 Å². The van der Waals surface area contributed by atoms with E-state index in [-0.39, 0.29) is 18.2 Å². The lowest BCUT2D eigenvalue weighted by molar-refractivity contribution is -0.386. The predicted molar refractivity (Wildman–Crippen MR) is 77.7 cm³/mol. The first-order valence-electron chi connectivity index (χ1n) is 5.94. The summed E-state index contributed by atoms with van der Waals surface area (Å²) in [6.45, 7) is 7.34. The Kier molecular flexibility index (Phi) is 5.77. The van der Waals surface area contributed by atoms with Gasteiger partial charge in [-0.3, -0.25) is 10.1 Å². The number of nitro groups is 1. The van der Waals surface area contributed by atoms with Crippen LogP contribution in [0.15, 0.2) is 18.2 Å². The van der Waals surface area contributed by atoms with E-state index in [0.717, 1.165) is 6.04 Å². The Hall–Kier alpha value is -1.11. The first-order valence-corrected chi connectivity index (χ1v) is 10.0. The van der Waals surface area contributed by atoms with Gasteiger partial charge in [0.05, 0.1) is 4.92 Å². The van der Waals surface area contributed by atoms with E-state index in [2.05, 4.69) is 19.6 Å². The Morgan fingerprint density at radius 3 is 2.63 bits per heavy atom. The Labute approximate surface area is 118 Å². The molecule has 106 valence electrons. The second-order valence-corrected chi connectivity index (χ2v) is 11.4. The van der Waals surface area contributed by atoms with E-state index < -0.39 is 13.0 Å². The van der Waals surface area contributed by atoms with E-state index in [4.69, 9.17) is 21.1 Å². The van der Waals surface area contributed by atoms with E-state index in [9.17, 15) is 10.1 Å². The van der Waals surface area contributed by atoms with Crippen molar-refractivity contribution >= 4 is 25.4 Å². The van der Waals surface area contributed by atoms with Crippen molar-refractivity contribution in [1.29, 1.82) is 0 Å². The van der Waals surface area contributed by atoms with Crippen LogP contribution in [0.25, 0.3) is 0 Å². The Balaban J connectivity index is 2.49. The molecule has 0 aliphatic rings. The van der Waals surface area contributed by atoms with Crippen LogP contribution in [0.4, 0.5) is 5.69 Å². The highest BCUT2D eigenvalue weighted by Gasteiger charge is 2.16. The third-order valence-electron chi connectivity index (χ3n) is 2.41. The summed E-state index contributed by atoms with van der Waals surface area (Å²) < 4.78 is 10.6. The molecule has 0 bridgehead atoms. The first kappa shape index (κ1) is 15.9. The predicted octanol–water partition coefficient (Wildman–Crippen LogP) is 3.94. The quantitative estimate of drug-likeness (QED) is 0.252. The Morgan fingerprint density at radius 2 is 2.05 bits per heavy atom. The maximum atomic E-state index is 10.8. The molecule has 0 saturated heterocycles. The van der Waals surface area contributed by atoms with Crippen LogP contribution in [0, 0.1) is 10.1 Å². The average Bonchev–Trinajstić information content (AvgIpc) is 2.26. The third-order valence-corrected chi connectivity index (χ3v) is 4.35. The number of nitrogens with zero attached hydrogens (tertiary/aromatic N) is 1. The second kappa shape index (κ2) is 6.88. The molecule has 0 aliphatic heterocycles. The van der Waals surface area contributed by atoms with Crippen LogP contribution >= 0.6 is 11.6 Å². The molecule has 5 nitrogen and oxygen atoms in total. The molecule has 0 N–H and O–H groups in total. The molecule has 0 heterocycles. The molecule has 0 saturated carbocycles. The number of nitro benzene ring substituents is 1. The van der Waals surface area contributed by atoms with Gasteiger partial charge >= 0.3 is 5.69 Å². The van der Waals surface area contributed by atoms with Crippen molar-refractivity contribution in [1.82, 2.24) is 0 Å². The molecule has 1 aromatic rings. The van der Waals surface area contributed by atoms with Gasteiger partial charge in [-0.05, 0) is 12.1 Å². The average molecular weight is 304 g/mol. The zero-order valence-corrected chi connectivity index (χ0v) is 13.1. The number of ether oxygens (including phenoxy) is 2.